The lowest BCUT2D eigenvalue weighted by molar-refractivity contribution is 0.628. The summed E-state index contributed by atoms with van der Waals surface area (Å²) >= 11 is 0. The minimum atomic E-state index is -0.232. The maximum absolute atomic E-state index is 13.3. The van der Waals surface area contributed by atoms with Gasteiger partial charge in [-0.1, -0.05) is 32.0 Å². The van der Waals surface area contributed by atoms with Crippen molar-refractivity contribution in [1.82, 2.24) is 4.98 Å². The monoisotopic (exact) mass is 381 g/mol. The summed E-state index contributed by atoms with van der Waals surface area (Å²) in [6.07, 6.45) is 1.87. The van der Waals surface area contributed by atoms with Gasteiger partial charge in [0.2, 0.25) is 0 Å². The number of furan rings is 1. The Bertz CT molecular complexity index is 1330. The molecule has 0 radical (unpaired) electrons. The summed E-state index contributed by atoms with van der Waals surface area (Å²) in [5.41, 5.74) is 6.99. The van der Waals surface area contributed by atoms with Gasteiger partial charge < -0.3 is 4.42 Å². The molecule has 2 nitrogen and oxygen atoms in total. The fourth-order valence-electron chi connectivity index (χ4n) is 3.72. The van der Waals surface area contributed by atoms with E-state index < -0.39 is 0 Å². The first-order valence-corrected chi connectivity index (χ1v) is 9.77. The van der Waals surface area contributed by atoms with Gasteiger partial charge in [-0.05, 0) is 77.2 Å². The van der Waals surface area contributed by atoms with Crippen molar-refractivity contribution in [3.8, 4) is 22.4 Å². The molecule has 0 aliphatic heterocycles. The Morgan fingerprint density at radius 1 is 0.724 bits per heavy atom. The van der Waals surface area contributed by atoms with Crippen LogP contribution >= 0.6 is 0 Å². The Labute approximate surface area is 168 Å². The van der Waals surface area contributed by atoms with Crippen molar-refractivity contribution in [1.29, 1.82) is 0 Å². The number of benzene rings is 3. The predicted molar refractivity (Wildman–Crippen MR) is 116 cm³/mol. The molecule has 2 aromatic heterocycles. The van der Waals surface area contributed by atoms with E-state index in [1.807, 2.05) is 24.4 Å². The summed E-state index contributed by atoms with van der Waals surface area (Å²) in [5, 5.41) is 2.10. The minimum absolute atomic E-state index is 0.232. The number of rotatable bonds is 3. The van der Waals surface area contributed by atoms with Crippen molar-refractivity contribution in [2.75, 3.05) is 0 Å². The van der Waals surface area contributed by atoms with E-state index in [2.05, 4.69) is 49.2 Å². The van der Waals surface area contributed by atoms with Crippen LogP contribution in [0.15, 0.2) is 83.4 Å². The van der Waals surface area contributed by atoms with Gasteiger partial charge in [0.05, 0.1) is 5.69 Å². The molecule has 0 fully saturated rings. The van der Waals surface area contributed by atoms with Crippen LogP contribution in [-0.4, -0.2) is 4.98 Å². The molecular formula is C26H20FNO. The molecule has 0 aliphatic carbocycles. The molecule has 142 valence electrons. The van der Waals surface area contributed by atoms with E-state index in [0.717, 1.165) is 44.3 Å². The van der Waals surface area contributed by atoms with Crippen molar-refractivity contribution >= 4 is 21.9 Å². The Morgan fingerprint density at radius 3 is 2.03 bits per heavy atom. The van der Waals surface area contributed by atoms with Crippen molar-refractivity contribution in [2.24, 2.45) is 0 Å². The molecule has 0 aliphatic rings. The molecule has 0 unspecified atom stereocenters. The average molecular weight is 381 g/mol. The number of hydrogen-bond donors (Lipinski definition) is 0. The highest BCUT2D eigenvalue weighted by Crippen LogP contribution is 2.35. The molecule has 0 amide bonds. The van der Waals surface area contributed by atoms with Crippen LogP contribution in [0.25, 0.3) is 44.3 Å². The average Bonchev–Trinajstić information content (AvgIpc) is 3.11. The number of aromatic nitrogens is 1. The van der Waals surface area contributed by atoms with Crippen LogP contribution in [0, 0.1) is 5.82 Å². The third-order valence-corrected chi connectivity index (χ3v) is 5.39. The third kappa shape index (κ3) is 3.19. The van der Waals surface area contributed by atoms with E-state index in [4.69, 9.17) is 4.42 Å². The summed E-state index contributed by atoms with van der Waals surface area (Å²) in [7, 11) is 0. The fourth-order valence-corrected chi connectivity index (χ4v) is 3.72. The molecule has 5 rings (SSSR count). The van der Waals surface area contributed by atoms with Gasteiger partial charge in [0.1, 0.15) is 17.0 Å². The standard InChI is InChI=1S/C26H20FNO/c1-16(2)18-11-12-28-24(15-18)20-6-10-26-23(14-20)22-13-19(5-9-25(22)29-26)17-3-7-21(27)8-4-17/h3-16H,1-2H3. The van der Waals surface area contributed by atoms with Gasteiger partial charge in [-0.3, -0.25) is 4.98 Å². The molecular weight excluding hydrogens is 361 g/mol. The number of pyridine rings is 1. The van der Waals surface area contributed by atoms with E-state index in [-0.39, 0.29) is 5.82 Å². The third-order valence-electron chi connectivity index (χ3n) is 5.39. The maximum atomic E-state index is 13.3. The van der Waals surface area contributed by atoms with Crippen LogP contribution in [-0.2, 0) is 0 Å². The lowest BCUT2D eigenvalue weighted by Gasteiger charge is -2.07. The van der Waals surface area contributed by atoms with Crippen LogP contribution in [0.5, 0.6) is 0 Å². The second kappa shape index (κ2) is 6.85. The zero-order valence-corrected chi connectivity index (χ0v) is 16.3. The van der Waals surface area contributed by atoms with Crippen molar-refractivity contribution in [3.05, 3.63) is 90.4 Å². The maximum Gasteiger partial charge on any atom is 0.135 e. The van der Waals surface area contributed by atoms with E-state index in [1.54, 1.807) is 12.1 Å². The van der Waals surface area contributed by atoms with Gasteiger partial charge >= 0.3 is 0 Å². The van der Waals surface area contributed by atoms with E-state index in [0.29, 0.717) is 5.92 Å². The normalized spacial score (nSPS) is 11.6. The van der Waals surface area contributed by atoms with Crippen LogP contribution in [0.2, 0.25) is 0 Å². The largest absolute Gasteiger partial charge is 0.456 e. The van der Waals surface area contributed by atoms with Gasteiger partial charge in [0.25, 0.3) is 0 Å². The molecule has 0 N–H and O–H groups in total. The molecule has 0 bridgehead atoms. The first kappa shape index (κ1) is 17.6. The highest BCUT2D eigenvalue weighted by molar-refractivity contribution is 6.07. The zero-order valence-electron chi connectivity index (χ0n) is 16.3. The highest BCUT2D eigenvalue weighted by atomic mass is 19.1. The van der Waals surface area contributed by atoms with Crippen molar-refractivity contribution < 1.29 is 8.81 Å². The fraction of sp³-hybridized carbons (Fsp3) is 0.115. The molecule has 29 heavy (non-hydrogen) atoms. The number of fused-ring (bicyclic) bond motifs is 3. The Balaban J connectivity index is 1.66. The van der Waals surface area contributed by atoms with Crippen LogP contribution < -0.4 is 0 Å². The molecule has 3 heteroatoms. The van der Waals surface area contributed by atoms with Crippen LogP contribution in [0.4, 0.5) is 4.39 Å². The lowest BCUT2D eigenvalue weighted by atomic mass is 9.99. The van der Waals surface area contributed by atoms with Gasteiger partial charge in [-0.2, -0.15) is 0 Å². The molecule has 3 aromatic carbocycles. The van der Waals surface area contributed by atoms with E-state index in [1.165, 1.54) is 17.7 Å². The Kier molecular flexibility index (Phi) is 4.17. The SMILES string of the molecule is CC(C)c1ccnc(-c2ccc3oc4ccc(-c5ccc(F)cc5)cc4c3c2)c1. The summed E-state index contributed by atoms with van der Waals surface area (Å²) in [4.78, 5) is 4.57. The highest BCUT2D eigenvalue weighted by Gasteiger charge is 2.11. The van der Waals surface area contributed by atoms with Gasteiger partial charge in [-0.15, -0.1) is 0 Å². The second-order valence-corrected chi connectivity index (χ2v) is 7.66. The lowest BCUT2D eigenvalue weighted by Crippen LogP contribution is -1.90. The number of halogens is 1. The molecule has 5 aromatic rings. The summed E-state index contributed by atoms with van der Waals surface area (Å²) in [6, 6.07) is 23.1. The number of nitrogens with zero attached hydrogens (tertiary/aromatic N) is 1. The van der Waals surface area contributed by atoms with Gasteiger partial charge in [-0.25, -0.2) is 4.39 Å². The summed E-state index contributed by atoms with van der Waals surface area (Å²) in [6.45, 7) is 4.37. The molecule has 0 spiro atoms. The first-order chi connectivity index (χ1) is 14.1. The Hall–Kier alpha value is -3.46. The quantitative estimate of drug-likeness (QED) is 0.322. The summed E-state index contributed by atoms with van der Waals surface area (Å²) < 4.78 is 19.3. The van der Waals surface area contributed by atoms with Gasteiger partial charge in [0, 0.05) is 22.5 Å². The zero-order chi connectivity index (χ0) is 20.0. The van der Waals surface area contributed by atoms with Crippen molar-refractivity contribution in [3.63, 3.8) is 0 Å². The first-order valence-electron chi connectivity index (χ1n) is 9.77. The topological polar surface area (TPSA) is 26.0 Å². The molecule has 0 saturated heterocycles. The predicted octanol–water partition coefficient (Wildman–Crippen LogP) is 7.58. The van der Waals surface area contributed by atoms with Crippen molar-refractivity contribution in [2.45, 2.75) is 19.8 Å². The van der Waals surface area contributed by atoms with Crippen LogP contribution in [0.1, 0.15) is 25.3 Å². The Morgan fingerprint density at radius 2 is 1.34 bits per heavy atom. The minimum Gasteiger partial charge on any atom is -0.456 e. The molecule has 2 heterocycles. The summed E-state index contributed by atoms with van der Waals surface area (Å²) in [5.74, 6) is 0.220. The van der Waals surface area contributed by atoms with E-state index >= 15 is 0 Å². The van der Waals surface area contributed by atoms with E-state index in [9.17, 15) is 4.39 Å². The van der Waals surface area contributed by atoms with Crippen LogP contribution in [0.3, 0.4) is 0 Å². The number of hydrogen-bond acceptors (Lipinski definition) is 2. The second-order valence-electron chi connectivity index (χ2n) is 7.66. The molecule has 0 atom stereocenters. The molecule has 0 saturated carbocycles. The van der Waals surface area contributed by atoms with Gasteiger partial charge in [0.15, 0.2) is 0 Å². The smallest absolute Gasteiger partial charge is 0.135 e.